The Bertz CT molecular complexity index is 420. The smallest absolute Gasteiger partial charge is 0.251 e. The number of rotatable bonds is 7. The fourth-order valence-electron chi connectivity index (χ4n) is 1.73. The number of aryl methyl sites for hydroxylation is 1. The van der Waals surface area contributed by atoms with Gasteiger partial charge in [-0.2, -0.15) is 0 Å². The summed E-state index contributed by atoms with van der Waals surface area (Å²) in [6.07, 6.45) is 1.59. The van der Waals surface area contributed by atoms with Crippen molar-refractivity contribution in [3.8, 4) is 0 Å². The summed E-state index contributed by atoms with van der Waals surface area (Å²) in [5.41, 5.74) is 1.00. The normalized spacial score (nSPS) is 13.1. The maximum atomic E-state index is 11.8. The molecule has 0 aromatic heterocycles. The van der Waals surface area contributed by atoms with Crippen LogP contribution in [0.2, 0.25) is 0 Å². The van der Waals surface area contributed by atoms with Crippen LogP contribution in [-0.4, -0.2) is 34.4 Å². The van der Waals surface area contributed by atoms with E-state index in [1.165, 1.54) is 0 Å². The summed E-state index contributed by atoms with van der Waals surface area (Å²) in [4.78, 5) is 11.8. The summed E-state index contributed by atoms with van der Waals surface area (Å²) < 4.78 is 0. The highest BCUT2D eigenvalue weighted by molar-refractivity contribution is 5.94. The van der Waals surface area contributed by atoms with Gasteiger partial charge in [0, 0.05) is 12.1 Å². The Balaban J connectivity index is 2.51. The third-order valence-corrected chi connectivity index (χ3v) is 3.21. The van der Waals surface area contributed by atoms with Crippen molar-refractivity contribution in [1.82, 2.24) is 5.32 Å². The minimum atomic E-state index is -0.674. The first kappa shape index (κ1) is 16.7. The highest BCUT2D eigenvalue weighted by Crippen LogP contribution is 2.13. The van der Waals surface area contributed by atoms with E-state index in [0.29, 0.717) is 18.4 Å². The number of nitrogens with one attached hydrogen (secondary N) is 1. The molecular formula is C16H25NO3. The molecule has 0 bridgehead atoms. The number of hydrogen-bond donors (Lipinski definition) is 3. The molecule has 1 unspecified atom stereocenters. The van der Waals surface area contributed by atoms with Crippen molar-refractivity contribution in [3.63, 3.8) is 0 Å². The maximum absolute atomic E-state index is 11.8. The van der Waals surface area contributed by atoms with Crippen LogP contribution in [0.15, 0.2) is 24.3 Å². The van der Waals surface area contributed by atoms with Crippen LogP contribution in [0.1, 0.15) is 49.5 Å². The lowest BCUT2D eigenvalue weighted by molar-refractivity contribution is 0.0713. The molecule has 0 aliphatic heterocycles. The van der Waals surface area contributed by atoms with Gasteiger partial charge in [0.05, 0.1) is 11.7 Å². The number of carbonyl (C=O) groups excluding carboxylic acids is 1. The van der Waals surface area contributed by atoms with Gasteiger partial charge < -0.3 is 15.5 Å². The molecule has 1 aromatic rings. The molecule has 0 fully saturated rings. The molecule has 0 aliphatic carbocycles. The standard InChI is InChI=1S/C16H25NO3/c1-4-14(18)11-17-15(19)13-7-5-12(6-8-13)9-10-16(2,3)20/h5-8,14,18,20H,4,9-11H2,1-3H3,(H,17,19). The van der Waals surface area contributed by atoms with Crippen LogP contribution in [0.4, 0.5) is 0 Å². The average molecular weight is 279 g/mol. The van der Waals surface area contributed by atoms with Gasteiger partial charge in [-0.05, 0) is 50.8 Å². The Kier molecular flexibility index (Phi) is 6.17. The number of amides is 1. The van der Waals surface area contributed by atoms with Crippen LogP contribution in [0.3, 0.4) is 0 Å². The zero-order valence-electron chi connectivity index (χ0n) is 12.5. The first-order valence-electron chi connectivity index (χ1n) is 7.09. The highest BCUT2D eigenvalue weighted by Gasteiger charge is 2.12. The quantitative estimate of drug-likeness (QED) is 0.714. The van der Waals surface area contributed by atoms with E-state index in [9.17, 15) is 15.0 Å². The second-order valence-corrected chi connectivity index (χ2v) is 5.78. The second kappa shape index (κ2) is 7.41. The first-order valence-corrected chi connectivity index (χ1v) is 7.09. The summed E-state index contributed by atoms with van der Waals surface area (Å²) in [6, 6.07) is 7.34. The molecule has 1 rings (SSSR count). The first-order chi connectivity index (χ1) is 9.31. The van der Waals surface area contributed by atoms with Gasteiger partial charge in [-0.15, -0.1) is 0 Å². The van der Waals surface area contributed by atoms with Crippen LogP contribution in [0.5, 0.6) is 0 Å². The lowest BCUT2D eigenvalue weighted by Gasteiger charge is -2.16. The van der Waals surface area contributed by atoms with Crippen molar-refractivity contribution in [3.05, 3.63) is 35.4 Å². The summed E-state index contributed by atoms with van der Waals surface area (Å²) in [7, 11) is 0. The Morgan fingerprint density at radius 1 is 1.30 bits per heavy atom. The molecule has 3 N–H and O–H groups in total. The van der Waals surface area contributed by atoms with Gasteiger partial charge in [0.15, 0.2) is 0 Å². The van der Waals surface area contributed by atoms with Crippen molar-refractivity contribution >= 4 is 5.91 Å². The number of aliphatic hydroxyl groups excluding tert-OH is 1. The minimum Gasteiger partial charge on any atom is -0.391 e. The molecule has 0 spiro atoms. The topological polar surface area (TPSA) is 69.6 Å². The number of benzene rings is 1. The Morgan fingerprint density at radius 2 is 1.90 bits per heavy atom. The molecular weight excluding hydrogens is 254 g/mol. The fraction of sp³-hybridized carbons (Fsp3) is 0.562. The van der Waals surface area contributed by atoms with Crippen molar-refractivity contribution in [2.75, 3.05) is 6.54 Å². The molecule has 1 aromatic carbocycles. The zero-order valence-corrected chi connectivity index (χ0v) is 12.5. The molecule has 1 amide bonds. The van der Waals surface area contributed by atoms with Crippen molar-refractivity contribution in [1.29, 1.82) is 0 Å². The van der Waals surface area contributed by atoms with Crippen LogP contribution in [-0.2, 0) is 6.42 Å². The number of carbonyl (C=O) groups is 1. The molecule has 1 atom stereocenters. The van der Waals surface area contributed by atoms with E-state index in [1.54, 1.807) is 26.0 Å². The van der Waals surface area contributed by atoms with Gasteiger partial charge in [-0.3, -0.25) is 4.79 Å². The van der Waals surface area contributed by atoms with Crippen molar-refractivity contribution < 1.29 is 15.0 Å². The summed E-state index contributed by atoms with van der Waals surface area (Å²) >= 11 is 0. The van der Waals surface area contributed by atoms with Crippen molar-refractivity contribution in [2.24, 2.45) is 0 Å². The SMILES string of the molecule is CCC(O)CNC(=O)c1ccc(CCC(C)(C)O)cc1. The summed E-state index contributed by atoms with van der Waals surface area (Å²) in [5.74, 6) is -0.175. The van der Waals surface area contributed by atoms with Crippen LogP contribution in [0.25, 0.3) is 0 Å². The Hall–Kier alpha value is -1.39. The highest BCUT2D eigenvalue weighted by atomic mass is 16.3. The predicted molar refractivity (Wildman–Crippen MR) is 79.7 cm³/mol. The van der Waals surface area contributed by atoms with E-state index in [2.05, 4.69) is 5.32 Å². The molecule has 4 heteroatoms. The van der Waals surface area contributed by atoms with E-state index in [0.717, 1.165) is 12.0 Å². The van der Waals surface area contributed by atoms with E-state index in [1.807, 2.05) is 19.1 Å². The van der Waals surface area contributed by atoms with Gasteiger partial charge in [-0.1, -0.05) is 19.1 Å². The average Bonchev–Trinajstić information content (AvgIpc) is 2.41. The minimum absolute atomic E-state index is 0.175. The number of aliphatic hydroxyl groups is 2. The third-order valence-electron chi connectivity index (χ3n) is 3.21. The molecule has 0 saturated carbocycles. The van der Waals surface area contributed by atoms with Crippen LogP contribution >= 0.6 is 0 Å². The van der Waals surface area contributed by atoms with E-state index < -0.39 is 11.7 Å². The van der Waals surface area contributed by atoms with Gasteiger partial charge in [-0.25, -0.2) is 0 Å². The lowest BCUT2D eigenvalue weighted by atomic mass is 9.98. The maximum Gasteiger partial charge on any atom is 0.251 e. The zero-order chi connectivity index (χ0) is 15.2. The molecule has 0 aliphatic rings. The number of hydrogen-bond acceptors (Lipinski definition) is 3. The molecule has 0 heterocycles. The Labute approximate surface area is 120 Å². The monoisotopic (exact) mass is 279 g/mol. The molecule has 0 saturated heterocycles. The van der Waals surface area contributed by atoms with Gasteiger partial charge in [0.2, 0.25) is 0 Å². The van der Waals surface area contributed by atoms with E-state index in [4.69, 9.17) is 0 Å². The summed E-state index contributed by atoms with van der Waals surface area (Å²) in [6.45, 7) is 5.71. The van der Waals surface area contributed by atoms with Crippen LogP contribution < -0.4 is 5.32 Å². The molecule has 0 radical (unpaired) electrons. The Morgan fingerprint density at radius 3 is 2.40 bits per heavy atom. The van der Waals surface area contributed by atoms with Gasteiger partial charge in [0.1, 0.15) is 0 Å². The lowest BCUT2D eigenvalue weighted by Crippen LogP contribution is -2.31. The van der Waals surface area contributed by atoms with Crippen molar-refractivity contribution in [2.45, 2.75) is 51.7 Å². The molecule has 112 valence electrons. The van der Waals surface area contributed by atoms with E-state index >= 15 is 0 Å². The second-order valence-electron chi connectivity index (χ2n) is 5.78. The van der Waals surface area contributed by atoms with Gasteiger partial charge in [0.25, 0.3) is 5.91 Å². The fourth-order valence-corrected chi connectivity index (χ4v) is 1.73. The van der Waals surface area contributed by atoms with E-state index in [-0.39, 0.29) is 12.5 Å². The third kappa shape index (κ3) is 6.17. The van der Waals surface area contributed by atoms with Crippen LogP contribution in [0, 0.1) is 0 Å². The summed E-state index contributed by atoms with van der Waals surface area (Å²) in [5, 5.41) is 21.8. The largest absolute Gasteiger partial charge is 0.391 e. The molecule has 4 nitrogen and oxygen atoms in total. The molecule has 20 heavy (non-hydrogen) atoms. The predicted octanol–water partition coefficient (Wildman–Crippen LogP) is 1.89. The van der Waals surface area contributed by atoms with Gasteiger partial charge >= 0.3 is 0 Å².